The molecule has 23 heavy (non-hydrogen) atoms. The number of ether oxygens (including phenoxy) is 1. The molecule has 0 aliphatic rings. The summed E-state index contributed by atoms with van der Waals surface area (Å²) < 4.78 is 5.26. The van der Waals surface area contributed by atoms with Crippen molar-refractivity contribution in [3.8, 4) is 17.6 Å². The van der Waals surface area contributed by atoms with Crippen molar-refractivity contribution in [1.82, 2.24) is 0 Å². The van der Waals surface area contributed by atoms with Crippen LogP contribution in [0.4, 0.5) is 0 Å². The summed E-state index contributed by atoms with van der Waals surface area (Å²) >= 11 is 0. The zero-order chi connectivity index (χ0) is 16.7. The molecular weight excluding hydrogens is 284 g/mol. The molecule has 0 saturated carbocycles. The molecule has 0 bridgehead atoms. The van der Waals surface area contributed by atoms with E-state index in [1.165, 1.54) is 0 Å². The van der Waals surface area contributed by atoms with E-state index in [-0.39, 0.29) is 5.78 Å². The van der Waals surface area contributed by atoms with Gasteiger partial charge in [-0.05, 0) is 29.7 Å². The van der Waals surface area contributed by atoms with Crippen LogP contribution >= 0.6 is 0 Å². The zero-order valence-corrected chi connectivity index (χ0v) is 13.9. The van der Waals surface area contributed by atoms with E-state index < -0.39 is 0 Å². The quantitative estimate of drug-likeness (QED) is 0.600. The summed E-state index contributed by atoms with van der Waals surface area (Å²) in [7, 11) is 1.62. The zero-order valence-electron chi connectivity index (χ0n) is 13.9. The van der Waals surface area contributed by atoms with Crippen LogP contribution in [0.2, 0.25) is 0 Å². The summed E-state index contributed by atoms with van der Waals surface area (Å²) in [4.78, 5) is 12.6. The number of hydrogen-bond donors (Lipinski definition) is 0. The van der Waals surface area contributed by atoms with Gasteiger partial charge in [0, 0.05) is 24.0 Å². The van der Waals surface area contributed by atoms with Crippen LogP contribution in [0.25, 0.3) is 0 Å². The van der Waals surface area contributed by atoms with Crippen LogP contribution in [0.15, 0.2) is 48.5 Å². The van der Waals surface area contributed by atoms with Crippen molar-refractivity contribution in [3.05, 3.63) is 65.2 Å². The first-order chi connectivity index (χ1) is 11.1. The third kappa shape index (κ3) is 5.00. The molecular formula is C21H22O2. The molecule has 0 heterocycles. The van der Waals surface area contributed by atoms with E-state index in [0.717, 1.165) is 23.3 Å². The van der Waals surface area contributed by atoms with Gasteiger partial charge in [-0.15, -0.1) is 0 Å². The Morgan fingerprint density at radius 1 is 1.13 bits per heavy atom. The highest BCUT2D eigenvalue weighted by Crippen LogP contribution is 2.19. The van der Waals surface area contributed by atoms with E-state index in [9.17, 15) is 4.79 Å². The molecule has 0 fully saturated rings. The predicted octanol–water partition coefficient (Wildman–Crippen LogP) is 4.52. The van der Waals surface area contributed by atoms with Crippen LogP contribution in [0, 0.1) is 17.8 Å². The number of ketones is 1. The van der Waals surface area contributed by atoms with Crippen molar-refractivity contribution in [2.45, 2.75) is 26.7 Å². The van der Waals surface area contributed by atoms with Crippen molar-refractivity contribution < 1.29 is 9.53 Å². The van der Waals surface area contributed by atoms with E-state index in [2.05, 4.69) is 25.7 Å². The second kappa shape index (κ2) is 8.19. The molecule has 2 aromatic rings. The van der Waals surface area contributed by atoms with Crippen LogP contribution in [-0.4, -0.2) is 12.9 Å². The molecule has 0 spiro atoms. The summed E-state index contributed by atoms with van der Waals surface area (Å²) in [6.45, 7) is 4.25. The van der Waals surface area contributed by atoms with Crippen LogP contribution in [0.3, 0.4) is 0 Å². The molecule has 2 heteroatoms. The molecule has 0 radical (unpaired) electrons. The van der Waals surface area contributed by atoms with Gasteiger partial charge >= 0.3 is 0 Å². The number of carbonyl (C=O) groups is 1. The summed E-state index contributed by atoms with van der Waals surface area (Å²) in [6.07, 6.45) is 1.19. The van der Waals surface area contributed by atoms with Crippen LogP contribution in [0.1, 0.15) is 41.8 Å². The Hall–Kier alpha value is -2.53. The van der Waals surface area contributed by atoms with Crippen molar-refractivity contribution in [2.75, 3.05) is 7.11 Å². The Morgan fingerprint density at radius 2 is 1.87 bits per heavy atom. The van der Waals surface area contributed by atoms with Crippen molar-refractivity contribution in [2.24, 2.45) is 5.92 Å². The first-order valence-electron chi connectivity index (χ1n) is 7.84. The number of rotatable bonds is 5. The molecule has 2 aromatic carbocycles. The van der Waals surface area contributed by atoms with Gasteiger partial charge < -0.3 is 4.74 Å². The lowest BCUT2D eigenvalue weighted by Crippen LogP contribution is -2.06. The minimum Gasteiger partial charge on any atom is -0.497 e. The van der Waals surface area contributed by atoms with Crippen molar-refractivity contribution in [3.63, 3.8) is 0 Å². The predicted molar refractivity (Wildman–Crippen MR) is 93.8 cm³/mol. The van der Waals surface area contributed by atoms with Gasteiger partial charge in [-0.2, -0.15) is 0 Å². The Morgan fingerprint density at radius 3 is 2.52 bits per heavy atom. The molecule has 0 aromatic heterocycles. The second-order valence-corrected chi connectivity index (χ2v) is 5.90. The van der Waals surface area contributed by atoms with Crippen molar-refractivity contribution in [1.29, 1.82) is 0 Å². The van der Waals surface area contributed by atoms with E-state index in [0.29, 0.717) is 17.9 Å². The van der Waals surface area contributed by atoms with Gasteiger partial charge in [0.25, 0.3) is 0 Å². The molecule has 0 saturated heterocycles. The maximum atomic E-state index is 12.6. The summed E-state index contributed by atoms with van der Waals surface area (Å²) in [5.74, 6) is 7.59. The fourth-order valence-electron chi connectivity index (χ4n) is 2.22. The highest BCUT2D eigenvalue weighted by Gasteiger charge is 2.12. The maximum absolute atomic E-state index is 12.6. The van der Waals surface area contributed by atoms with Crippen LogP contribution in [-0.2, 0) is 6.42 Å². The van der Waals surface area contributed by atoms with Crippen molar-refractivity contribution >= 4 is 5.78 Å². The number of methoxy groups -OCH3 is 1. The number of Topliss-reactive ketones (excluding diaryl/α,β-unsaturated/α-hetero) is 1. The Labute approximate surface area is 138 Å². The third-order valence-corrected chi connectivity index (χ3v) is 3.47. The molecule has 0 amide bonds. The average Bonchev–Trinajstić information content (AvgIpc) is 2.55. The minimum absolute atomic E-state index is 0.0766. The average molecular weight is 306 g/mol. The van der Waals surface area contributed by atoms with E-state index >= 15 is 0 Å². The maximum Gasteiger partial charge on any atom is 0.168 e. The highest BCUT2D eigenvalue weighted by molar-refractivity contribution is 6.00. The molecule has 118 valence electrons. The minimum atomic E-state index is 0.0766. The summed E-state index contributed by atoms with van der Waals surface area (Å²) in [6, 6.07) is 15.2. The molecule has 0 aliphatic carbocycles. The summed E-state index contributed by atoms with van der Waals surface area (Å²) in [5, 5.41) is 0. The molecule has 0 N–H and O–H groups in total. The lowest BCUT2D eigenvalue weighted by molar-refractivity contribution is 0.0992. The first kappa shape index (κ1) is 16.8. The SMILES string of the molecule is COc1ccc(C(=O)Cc2ccccc2)c(C#CCC(C)C)c1. The van der Waals surface area contributed by atoms with Gasteiger partial charge in [0.15, 0.2) is 5.78 Å². The first-order valence-corrected chi connectivity index (χ1v) is 7.84. The lowest BCUT2D eigenvalue weighted by atomic mass is 9.98. The second-order valence-electron chi connectivity index (χ2n) is 5.90. The Bertz CT molecular complexity index is 718. The molecule has 0 aliphatic heterocycles. The third-order valence-electron chi connectivity index (χ3n) is 3.47. The monoisotopic (exact) mass is 306 g/mol. The van der Waals surface area contributed by atoms with Gasteiger partial charge in [0.2, 0.25) is 0 Å². The van der Waals surface area contributed by atoms with Gasteiger partial charge in [-0.1, -0.05) is 56.0 Å². The standard InChI is InChI=1S/C21H22O2/c1-16(2)8-7-11-18-15-19(23-3)12-13-20(18)21(22)14-17-9-5-4-6-10-17/h4-6,9-10,12-13,15-16H,8,14H2,1-3H3. The van der Waals surface area contributed by atoms with Gasteiger partial charge in [0.05, 0.1) is 7.11 Å². The Kier molecular flexibility index (Phi) is 6.00. The Balaban J connectivity index is 2.28. The molecule has 0 atom stereocenters. The van der Waals surface area contributed by atoms with Gasteiger partial charge in [-0.25, -0.2) is 0 Å². The van der Waals surface area contributed by atoms with Gasteiger partial charge in [-0.3, -0.25) is 4.79 Å². The molecule has 2 nitrogen and oxygen atoms in total. The number of benzene rings is 2. The fraction of sp³-hybridized carbons (Fsp3) is 0.286. The normalized spacial score (nSPS) is 10.1. The summed E-state index contributed by atoms with van der Waals surface area (Å²) in [5.41, 5.74) is 2.41. The van der Waals surface area contributed by atoms with E-state index in [1.807, 2.05) is 48.5 Å². The smallest absolute Gasteiger partial charge is 0.168 e. The van der Waals surface area contributed by atoms with Crippen LogP contribution in [0.5, 0.6) is 5.75 Å². The van der Waals surface area contributed by atoms with Crippen LogP contribution < -0.4 is 4.74 Å². The molecule has 2 rings (SSSR count). The lowest BCUT2D eigenvalue weighted by Gasteiger charge is -2.07. The fourth-order valence-corrected chi connectivity index (χ4v) is 2.22. The van der Waals surface area contributed by atoms with E-state index in [4.69, 9.17) is 4.74 Å². The number of hydrogen-bond acceptors (Lipinski definition) is 2. The molecule has 0 unspecified atom stereocenters. The largest absolute Gasteiger partial charge is 0.497 e. The van der Waals surface area contributed by atoms with Gasteiger partial charge in [0.1, 0.15) is 5.75 Å². The van der Waals surface area contributed by atoms with E-state index in [1.54, 1.807) is 7.11 Å². The number of carbonyl (C=O) groups excluding carboxylic acids is 1. The topological polar surface area (TPSA) is 26.3 Å². The highest BCUT2D eigenvalue weighted by atomic mass is 16.5.